The number of nitrogens with one attached hydrogen (secondary N) is 2. The number of carbonyl (C=O) groups excluding carboxylic acids is 1. The Hall–Kier alpha value is -2.84. The molecule has 1 heterocycles. The molecule has 0 spiro atoms. The second kappa shape index (κ2) is 9.02. The number of hydrogen-bond acceptors (Lipinski definition) is 3. The normalized spacial score (nSPS) is 14.0. The van der Waals surface area contributed by atoms with Crippen molar-refractivity contribution in [1.29, 1.82) is 5.26 Å². The fraction of sp³-hybridized carbons (Fsp3) is 0.333. The molecule has 0 unspecified atom stereocenters. The second-order valence-corrected chi connectivity index (χ2v) is 6.60. The van der Waals surface area contributed by atoms with Crippen LogP contribution in [-0.4, -0.2) is 25.6 Å². The van der Waals surface area contributed by atoms with Gasteiger partial charge in [0.15, 0.2) is 6.61 Å². The number of nitrogens with zero attached hydrogens (tertiary/aromatic N) is 1. The first-order chi connectivity index (χ1) is 12.7. The first-order valence-corrected chi connectivity index (χ1v) is 9.04. The number of amides is 1. The highest BCUT2D eigenvalue weighted by molar-refractivity contribution is 5.77. The predicted octanol–water partition coefficient (Wildman–Crippen LogP) is 1.43. The Labute approximate surface area is 154 Å². The second-order valence-electron chi connectivity index (χ2n) is 6.60. The molecule has 1 amide bonds. The number of benzene rings is 2. The van der Waals surface area contributed by atoms with Gasteiger partial charge in [0.05, 0.1) is 24.7 Å². The summed E-state index contributed by atoms with van der Waals surface area (Å²) in [5.74, 6) is 0.426. The smallest absolute Gasteiger partial charge is 0.258 e. The molecule has 134 valence electrons. The SMILES string of the molecule is N#Cc1ccc(OCC(=O)NCc2ccccc2C[NH+]2CCCC2)cc1. The van der Waals surface area contributed by atoms with Gasteiger partial charge in [-0.15, -0.1) is 0 Å². The Kier molecular flexibility index (Phi) is 6.24. The van der Waals surface area contributed by atoms with Gasteiger partial charge >= 0.3 is 0 Å². The summed E-state index contributed by atoms with van der Waals surface area (Å²) >= 11 is 0. The molecule has 0 aliphatic carbocycles. The lowest BCUT2D eigenvalue weighted by Gasteiger charge is -2.15. The molecular formula is C21H24N3O2+. The first-order valence-electron chi connectivity index (χ1n) is 9.04. The Balaban J connectivity index is 1.48. The van der Waals surface area contributed by atoms with Gasteiger partial charge in [0.1, 0.15) is 12.3 Å². The summed E-state index contributed by atoms with van der Waals surface area (Å²) in [5.41, 5.74) is 3.04. The molecular weight excluding hydrogens is 326 g/mol. The van der Waals surface area contributed by atoms with Gasteiger partial charge in [-0.25, -0.2) is 0 Å². The fourth-order valence-corrected chi connectivity index (χ4v) is 3.24. The third-order valence-corrected chi connectivity index (χ3v) is 4.70. The quantitative estimate of drug-likeness (QED) is 0.794. The van der Waals surface area contributed by atoms with Crippen LogP contribution in [0.4, 0.5) is 0 Å². The fourth-order valence-electron chi connectivity index (χ4n) is 3.24. The molecule has 0 aromatic heterocycles. The Morgan fingerprint density at radius 3 is 2.46 bits per heavy atom. The van der Waals surface area contributed by atoms with E-state index in [-0.39, 0.29) is 12.5 Å². The van der Waals surface area contributed by atoms with E-state index in [9.17, 15) is 4.79 Å². The maximum atomic E-state index is 12.1. The van der Waals surface area contributed by atoms with Crippen LogP contribution in [0.25, 0.3) is 0 Å². The predicted molar refractivity (Wildman–Crippen MR) is 98.6 cm³/mol. The number of quaternary nitrogens is 1. The minimum Gasteiger partial charge on any atom is -0.484 e. The third-order valence-electron chi connectivity index (χ3n) is 4.70. The van der Waals surface area contributed by atoms with Crippen LogP contribution in [0, 0.1) is 11.3 Å². The van der Waals surface area contributed by atoms with E-state index in [1.807, 2.05) is 6.07 Å². The molecule has 2 aromatic carbocycles. The molecule has 26 heavy (non-hydrogen) atoms. The van der Waals surface area contributed by atoms with Crippen molar-refractivity contribution in [2.24, 2.45) is 0 Å². The zero-order valence-electron chi connectivity index (χ0n) is 14.8. The molecule has 2 aromatic rings. The molecule has 0 bridgehead atoms. The van der Waals surface area contributed by atoms with Gasteiger partial charge in [0.25, 0.3) is 5.91 Å². The Morgan fingerprint density at radius 1 is 1.08 bits per heavy atom. The summed E-state index contributed by atoms with van der Waals surface area (Å²) in [6.45, 7) is 3.97. The largest absolute Gasteiger partial charge is 0.484 e. The van der Waals surface area contributed by atoms with E-state index in [2.05, 4.69) is 29.6 Å². The lowest BCUT2D eigenvalue weighted by molar-refractivity contribution is -0.901. The van der Waals surface area contributed by atoms with Crippen molar-refractivity contribution in [3.63, 3.8) is 0 Å². The topological polar surface area (TPSA) is 66.6 Å². The van der Waals surface area contributed by atoms with E-state index in [1.165, 1.54) is 37.1 Å². The van der Waals surface area contributed by atoms with Crippen LogP contribution in [0.5, 0.6) is 5.75 Å². The first kappa shape index (κ1) is 18.0. The van der Waals surface area contributed by atoms with E-state index in [1.54, 1.807) is 29.2 Å². The summed E-state index contributed by atoms with van der Waals surface area (Å²) in [6.07, 6.45) is 2.61. The van der Waals surface area contributed by atoms with Gasteiger partial charge in [-0.1, -0.05) is 24.3 Å². The zero-order chi connectivity index (χ0) is 18.2. The maximum Gasteiger partial charge on any atom is 0.258 e. The van der Waals surface area contributed by atoms with Crippen LogP contribution in [0.3, 0.4) is 0 Å². The van der Waals surface area contributed by atoms with Gasteiger partial charge in [0.2, 0.25) is 0 Å². The molecule has 1 aliphatic rings. The van der Waals surface area contributed by atoms with Crippen molar-refractivity contribution < 1.29 is 14.4 Å². The summed E-state index contributed by atoms with van der Waals surface area (Å²) in [5, 5.41) is 11.7. The van der Waals surface area contributed by atoms with Gasteiger partial charge in [-0.2, -0.15) is 5.26 Å². The molecule has 1 aliphatic heterocycles. The van der Waals surface area contributed by atoms with Crippen molar-refractivity contribution in [3.05, 3.63) is 65.2 Å². The number of nitriles is 1. The Morgan fingerprint density at radius 2 is 1.77 bits per heavy atom. The number of hydrogen-bond donors (Lipinski definition) is 2. The summed E-state index contributed by atoms with van der Waals surface area (Å²) in [4.78, 5) is 13.7. The molecule has 5 nitrogen and oxygen atoms in total. The Bertz CT molecular complexity index is 775. The van der Waals surface area contributed by atoms with Crippen molar-refractivity contribution >= 4 is 5.91 Å². The highest BCUT2D eigenvalue weighted by Crippen LogP contribution is 2.11. The van der Waals surface area contributed by atoms with Crippen molar-refractivity contribution in [2.45, 2.75) is 25.9 Å². The van der Waals surface area contributed by atoms with E-state index in [4.69, 9.17) is 10.00 Å². The molecule has 0 radical (unpaired) electrons. The van der Waals surface area contributed by atoms with Gasteiger partial charge in [-0.3, -0.25) is 4.79 Å². The average Bonchev–Trinajstić information content (AvgIpc) is 3.19. The number of ether oxygens (including phenoxy) is 1. The van der Waals surface area contributed by atoms with Crippen LogP contribution in [0.15, 0.2) is 48.5 Å². The van der Waals surface area contributed by atoms with Gasteiger partial charge < -0.3 is 15.0 Å². The van der Waals surface area contributed by atoms with Crippen LogP contribution in [0.2, 0.25) is 0 Å². The van der Waals surface area contributed by atoms with Crippen molar-refractivity contribution in [3.8, 4) is 11.8 Å². The lowest BCUT2D eigenvalue weighted by Crippen LogP contribution is -3.08. The van der Waals surface area contributed by atoms with Crippen LogP contribution >= 0.6 is 0 Å². The molecule has 5 heteroatoms. The standard InChI is InChI=1S/C21H23N3O2/c22-13-17-7-9-20(10-8-17)26-16-21(25)23-14-18-5-1-2-6-19(18)15-24-11-3-4-12-24/h1-2,5-10H,3-4,11-12,14-16H2,(H,23,25)/p+1. The van der Waals surface area contributed by atoms with Crippen LogP contribution < -0.4 is 15.0 Å². The van der Waals surface area contributed by atoms with E-state index < -0.39 is 0 Å². The third kappa shape index (κ3) is 5.08. The van der Waals surface area contributed by atoms with Crippen molar-refractivity contribution in [2.75, 3.05) is 19.7 Å². The summed E-state index contributed by atoms with van der Waals surface area (Å²) in [6, 6.07) is 17.1. The van der Waals surface area contributed by atoms with Gasteiger partial charge in [0, 0.05) is 24.9 Å². The molecule has 0 saturated carbocycles. The molecule has 3 rings (SSSR count). The van der Waals surface area contributed by atoms with E-state index in [0.29, 0.717) is 17.9 Å². The maximum absolute atomic E-state index is 12.1. The lowest BCUT2D eigenvalue weighted by atomic mass is 10.1. The number of likely N-dealkylation sites (tertiary alicyclic amines) is 1. The number of rotatable bonds is 7. The highest BCUT2D eigenvalue weighted by Gasteiger charge is 2.17. The van der Waals surface area contributed by atoms with Crippen LogP contribution in [0.1, 0.15) is 29.5 Å². The monoisotopic (exact) mass is 350 g/mol. The minimum atomic E-state index is -0.155. The highest BCUT2D eigenvalue weighted by atomic mass is 16.5. The number of carbonyl (C=O) groups is 1. The van der Waals surface area contributed by atoms with Gasteiger partial charge in [-0.05, 0) is 29.8 Å². The summed E-state index contributed by atoms with van der Waals surface area (Å²) in [7, 11) is 0. The zero-order valence-corrected chi connectivity index (χ0v) is 14.8. The van der Waals surface area contributed by atoms with E-state index >= 15 is 0 Å². The molecule has 1 saturated heterocycles. The molecule has 0 atom stereocenters. The van der Waals surface area contributed by atoms with Crippen molar-refractivity contribution in [1.82, 2.24) is 5.32 Å². The molecule has 2 N–H and O–H groups in total. The van der Waals surface area contributed by atoms with E-state index in [0.717, 1.165) is 6.54 Å². The molecule has 1 fully saturated rings. The van der Waals surface area contributed by atoms with Crippen LogP contribution in [-0.2, 0) is 17.9 Å². The average molecular weight is 350 g/mol. The minimum absolute atomic E-state index is 0.0363. The summed E-state index contributed by atoms with van der Waals surface area (Å²) < 4.78 is 5.47.